The second-order valence-electron chi connectivity index (χ2n) is 5.80. The number of aromatic nitrogens is 1. The third-order valence-electron chi connectivity index (χ3n) is 4.01. The topological polar surface area (TPSA) is 60.5 Å². The standard InChI is InChI=1S/C20H15FN2O3/c21-16-9-14(20-15(10-16)11-25-12-26-20)6-7-18(24)23-17-5-1-3-13-4-2-8-22-19(13)17/h1-10H,11-12H2,(H,23,24). The molecule has 2 aromatic carbocycles. The first kappa shape index (κ1) is 16.2. The average molecular weight is 350 g/mol. The molecular weight excluding hydrogens is 335 g/mol. The van der Waals surface area contributed by atoms with E-state index in [0.717, 1.165) is 5.39 Å². The van der Waals surface area contributed by atoms with Crippen LogP contribution in [0.1, 0.15) is 11.1 Å². The molecule has 0 spiro atoms. The van der Waals surface area contributed by atoms with Gasteiger partial charge in [-0.2, -0.15) is 0 Å². The van der Waals surface area contributed by atoms with E-state index in [0.29, 0.717) is 28.1 Å². The fourth-order valence-electron chi connectivity index (χ4n) is 2.88. The van der Waals surface area contributed by atoms with Crippen LogP contribution in [0.4, 0.5) is 10.1 Å². The summed E-state index contributed by atoms with van der Waals surface area (Å²) in [6.07, 6.45) is 4.54. The molecule has 6 heteroatoms. The van der Waals surface area contributed by atoms with Crippen LogP contribution in [-0.4, -0.2) is 17.7 Å². The summed E-state index contributed by atoms with van der Waals surface area (Å²) in [4.78, 5) is 16.6. The molecule has 1 aliphatic rings. The van der Waals surface area contributed by atoms with Crippen LogP contribution < -0.4 is 10.1 Å². The number of carbonyl (C=O) groups is 1. The largest absolute Gasteiger partial charge is 0.467 e. The van der Waals surface area contributed by atoms with E-state index in [2.05, 4.69) is 10.3 Å². The van der Waals surface area contributed by atoms with Gasteiger partial charge in [-0.1, -0.05) is 18.2 Å². The summed E-state index contributed by atoms with van der Waals surface area (Å²) >= 11 is 0. The number of ether oxygens (including phenoxy) is 2. The highest BCUT2D eigenvalue weighted by molar-refractivity contribution is 6.06. The Morgan fingerprint density at radius 1 is 1.23 bits per heavy atom. The van der Waals surface area contributed by atoms with E-state index in [1.54, 1.807) is 12.3 Å². The van der Waals surface area contributed by atoms with Crippen molar-refractivity contribution < 1.29 is 18.7 Å². The number of para-hydroxylation sites is 1. The first-order chi connectivity index (χ1) is 12.7. The molecule has 0 bridgehead atoms. The van der Waals surface area contributed by atoms with Crippen LogP contribution in [0.25, 0.3) is 17.0 Å². The summed E-state index contributed by atoms with van der Waals surface area (Å²) in [5, 5.41) is 3.73. The monoisotopic (exact) mass is 350 g/mol. The van der Waals surface area contributed by atoms with Crippen molar-refractivity contribution in [2.24, 2.45) is 0 Å². The highest BCUT2D eigenvalue weighted by Gasteiger charge is 2.15. The molecule has 0 aliphatic carbocycles. The Morgan fingerprint density at radius 2 is 2.12 bits per heavy atom. The second-order valence-corrected chi connectivity index (χ2v) is 5.80. The summed E-state index contributed by atoms with van der Waals surface area (Å²) in [7, 11) is 0. The molecular formula is C20H15FN2O3. The number of benzene rings is 2. The quantitative estimate of drug-likeness (QED) is 0.728. The molecule has 0 saturated heterocycles. The summed E-state index contributed by atoms with van der Waals surface area (Å²) in [5.41, 5.74) is 2.44. The van der Waals surface area contributed by atoms with Gasteiger partial charge in [0.1, 0.15) is 11.6 Å². The lowest BCUT2D eigenvalue weighted by atomic mass is 10.1. The molecule has 130 valence electrons. The lowest BCUT2D eigenvalue weighted by molar-refractivity contribution is -0.111. The number of anilines is 1. The van der Waals surface area contributed by atoms with Crippen molar-refractivity contribution in [2.45, 2.75) is 6.61 Å². The normalized spacial score (nSPS) is 13.4. The Balaban J connectivity index is 1.58. The minimum atomic E-state index is -0.406. The van der Waals surface area contributed by atoms with Crippen molar-refractivity contribution in [3.63, 3.8) is 0 Å². The predicted molar refractivity (Wildman–Crippen MR) is 96.1 cm³/mol. The fourth-order valence-corrected chi connectivity index (χ4v) is 2.88. The van der Waals surface area contributed by atoms with Gasteiger partial charge in [0.2, 0.25) is 5.91 Å². The van der Waals surface area contributed by atoms with Gasteiger partial charge in [0, 0.05) is 28.8 Å². The fraction of sp³-hybridized carbons (Fsp3) is 0.100. The van der Waals surface area contributed by atoms with Gasteiger partial charge in [-0.15, -0.1) is 0 Å². The van der Waals surface area contributed by atoms with Crippen LogP contribution in [-0.2, 0) is 16.1 Å². The highest BCUT2D eigenvalue weighted by atomic mass is 19.1. The molecule has 0 atom stereocenters. The van der Waals surface area contributed by atoms with Gasteiger partial charge in [0.15, 0.2) is 6.79 Å². The first-order valence-corrected chi connectivity index (χ1v) is 8.06. The number of halogens is 1. The molecule has 0 saturated carbocycles. The summed E-state index contributed by atoms with van der Waals surface area (Å²) in [6.45, 7) is 0.384. The highest BCUT2D eigenvalue weighted by Crippen LogP contribution is 2.30. The molecule has 0 radical (unpaired) electrons. The number of hydrogen-bond donors (Lipinski definition) is 1. The Bertz CT molecular complexity index is 1010. The molecule has 0 fully saturated rings. The van der Waals surface area contributed by atoms with Crippen LogP contribution in [0.2, 0.25) is 0 Å². The van der Waals surface area contributed by atoms with Crippen molar-refractivity contribution in [2.75, 3.05) is 12.1 Å². The van der Waals surface area contributed by atoms with Gasteiger partial charge in [0.05, 0.1) is 17.8 Å². The van der Waals surface area contributed by atoms with Gasteiger partial charge in [0.25, 0.3) is 0 Å². The van der Waals surface area contributed by atoms with E-state index < -0.39 is 5.82 Å². The van der Waals surface area contributed by atoms with Crippen LogP contribution in [0.5, 0.6) is 5.75 Å². The number of nitrogens with one attached hydrogen (secondary N) is 1. The minimum Gasteiger partial charge on any atom is -0.467 e. The number of hydrogen-bond acceptors (Lipinski definition) is 4. The number of carbonyl (C=O) groups excluding carboxylic acids is 1. The number of rotatable bonds is 3. The number of nitrogens with zero attached hydrogens (tertiary/aromatic N) is 1. The SMILES string of the molecule is O=C(C=Cc1cc(F)cc2c1OCOC2)Nc1cccc2cccnc12. The second kappa shape index (κ2) is 6.93. The first-order valence-electron chi connectivity index (χ1n) is 8.06. The molecule has 5 nitrogen and oxygen atoms in total. The van der Waals surface area contributed by atoms with Gasteiger partial charge < -0.3 is 14.8 Å². The molecule has 4 rings (SSSR count). The Morgan fingerprint density at radius 3 is 3.04 bits per heavy atom. The molecule has 1 aliphatic heterocycles. The van der Waals surface area contributed by atoms with E-state index in [1.165, 1.54) is 24.3 Å². The molecule has 1 N–H and O–H groups in total. The van der Waals surface area contributed by atoms with Crippen molar-refractivity contribution >= 4 is 28.6 Å². The smallest absolute Gasteiger partial charge is 0.248 e. The van der Waals surface area contributed by atoms with Crippen LogP contribution in [0, 0.1) is 5.82 Å². The number of pyridine rings is 1. The maximum Gasteiger partial charge on any atom is 0.248 e. The maximum absolute atomic E-state index is 13.7. The molecule has 1 amide bonds. The van der Waals surface area contributed by atoms with Crippen LogP contribution >= 0.6 is 0 Å². The predicted octanol–water partition coefficient (Wildman–Crippen LogP) is 3.89. The van der Waals surface area contributed by atoms with Gasteiger partial charge in [-0.3, -0.25) is 9.78 Å². The van der Waals surface area contributed by atoms with Crippen molar-refractivity contribution in [3.8, 4) is 5.75 Å². The zero-order chi connectivity index (χ0) is 17.9. The molecule has 1 aromatic heterocycles. The summed E-state index contributed by atoms with van der Waals surface area (Å²) in [6, 6.07) is 12.0. The lowest BCUT2D eigenvalue weighted by Gasteiger charge is -2.19. The lowest BCUT2D eigenvalue weighted by Crippen LogP contribution is -2.13. The Hall–Kier alpha value is -3.25. The minimum absolute atomic E-state index is 0.105. The zero-order valence-electron chi connectivity index (χ0n) is 13.7. The Kier molecular flexibility index (Phi) is 4.33. The third kappa shape index (κ3) is 3.27. The number of fused-ring (bicyclic) bond motifs is 2. The molecule has 0 unspecified atom stereocenters. The summed E-state index contributed by atoms with van der Waals surface area (Å²) < 4.78 is 24.3. The van der Waals surface area contributed by atoms with E-state index in [4.69, 9.17) is 9.47 Å². The van der Waals surface area contributed by atoms with Crippen molar-refractivity contribution in [1.82, 2.24) is 4.98 Å². The average Bonchev–Trinajstić information content (AvgIpc) is 2.66. The molecule has 26 heavy (non-hydrogen) atoms. The Labute approximate surface area is 149 Å². The van der Waals surface area contributed by atoms with Crippen LogP contribution in [0.3, 0.4) is 0 Å². The van der Waals surface area contributed by atoms with Crippen molar-refractivity contribution in [1.29, 1.82) is 0 Å². The maximum atomic E-state index is 13.7. The number of amides is 1. The van der Waals surface area contributed by atoms with Gasteiger partial charge in [-0.25, -0.2) is 4.39 Å². The van der Waals surface area contributed by atoms with Crippen molar-refractivity contribution in [3.05, 3.63) is 71.7 Å². The van der Waals surface area contributed by atoms with E-state index >= 15 is 0 Å². The summed E-state index contributed by atoms with van der Waals surface area (Å²) in [5.74, 6) is -0.210. The zero-order valence-corrected chi connectivity index (χ0v) is 13.7. The molecule has 3 aromatic rings. The van der Waals surface area contributed by atoms with E-state index in [9.17, 15) is 9.18 Å². The third-order valence-corrected chi connectivity index (χ3v) is 4.01. The van der Waals surface area contributed by atoms with E-state index in [1.807, 2.05) is 24.3 Å². The molecule has 2 heterocycles. The van der Waals surface area contributed by atoms with Gasteiger partial charge >= 0.3 is 0 Å². The van der Waals surface area contributed by atoms with Crippen LogP contribution in [0.15, 0.2) is 54.7 Å². The van der Waals surface area contributed by atoms with E-state index in [-0.39, 0.29) is 19.3 Å². The van der Waals surface area contributed by atoms with Gasteiger partial charge in [-0.05, 0) is 30.3 Å².